The molecule has 2 N–H and O–H groups in total. The molecular formula is C19H11F3N4. The molecule has 0 saturated heterocycles. The summed E-state index contributed by atoms with van der Waals surface area (Å²) in [5, 5.41) is 13.5. The van der Waals surface area contributed by atoms with E-state index in [9.17, 15) is 13.2 Å². The van der Waals surface area contributed by atoms with Crippen LogP contribution in [0.2, 0.25) is 0 Å². The van der Waals surface area contributed by atoms with E-state index in [0.29, 0.717) is 22.5 Å². The number of nitrogens with one attached hydrogen (secondary N) is 2. The summed E-state index contributed by atoms with van der Waals surface area (Å²) in [6.07, 6.45) is -2.78. The van der Waals surface area contributed by atoms with Crippen LogP contribution in [-0.2, 0) is 6.18 Å². The number of hydrogen-bond acceptors (Lipinski definition) is 3. The number of nitrogens with zero attached hydrogens (tertiary/aromatic N) is 2. The molecule has 0 spiro atoms. The lowest BCUT2D eigenvalue weighted by molar-refractivity contribution is -0.137. The molecule has 0 radical (unpaired) electrons. The molecule has 0 amide bonds. The Hall–Kier alpha value is -3.53. The second kappa shape index (κ2) is 5.77. The lowest BCUT2D eigenvalue weighted by atomic mass is 10.1. The van der Waals surface area contributed by atoms with E-state index >= 15 is 0 Å². The first-order valence-electron chi connectivity index (χ1n) is 7.70. The number of anilines is 2. The highest BCUT2D eigenvalue weighted by Crippen LogP contribution is 2.31. The minimum Gasteiger partial charge on any atom is -0.360 e. The summed E-state index contributed by atoms with van der Waals surface area (Å²) in [4.78, 5) is 7.28. The van der Waals surface area contributed by atoms with E-state index in [-0.39, 0.29) is 5.52 Å². The Kier molecular flexibility index (Phi) is 3.55. The van der Waals surface area contributed by atoms with Crippen molar-refractivity contribution in [3.8, 4) is 6.07 Å². The minimum atomic E-state index is -4.41. The highest BCUT2D eigenvalue weighted by molar-refractivity contribution is 5.89. The number of halogens is 3. The molecule has 2 aromatic heterocycles. The third-order valence-electron chi connectivity index (χ3n) is 4.09. The van der Waals surface area contributed by atoms with Gasteiger partial charge in [0.2, 0.25) is 0 Å². The maximum atomic E-state index is 12.9. The average Bonchev–Trinajstić information content (AvgIpc) is 3.02. The van der Waals surface area contributed by atoms with Gasteiger partial charge in [-0.25, -0.2) is 4.98 Å². The second-order valence-corrected chi connectivity index (χ2v) is 5.80. The maximum Gasteiger partial charge on any atom is 0.416 e. The van der Waals surface area contributed by atoms with Crippen LogP contribution in [0, 0.1) is 11.3 Å². The van der Waals surface area contributed by atoms with Crippen molar-refractivity contribution < 1.29 is 13.2 Å². The van der Waals surface area contributed by atoms with Crippen LogP contribution < -0.4 is 5.32 Å². The van der Waals surface area contributed by atoms with E-state index in [0.717, 1.165) is 23.0 Å². The summed E-state index contributed by atoms with van der Waals surface area (Å²) in [6, 6.07) is 14.4. The summed E-state index contributed by atoms with van der Waals surface area (Å²) in [5.41, 5.74) is 1.58. The first-order valence-corrected chi connectivity index (χ1v) is 7.70. The Morgan fingerprint density at radius 1 is 1.04 bits per heavy atom. The molecule has 0 saturated carbocycles. The van der Waals surface area contributed by atoms with E-state index in [1.165, 1.54) is 6.07 Å². The zero-order valence-electron chi connectivity index (χ0n) is 13.2. The number of aromatic nitrogens is 2. The predicted octanol–water partition coefficient (Wildman–Crippen LogP) is 5.35. The molecule has 0 aliphatic carbocycles. The van der Waals surface area contributed by atoms with Crippen LogP contribution in [0.3, 0.4) is 0 Å². The molecule has 128 valence electrons. The van der Waals surface area contributed by atoms with Crippen molar-refractivity contribution in [1.82, 2.24) is 9.97 Å². The van der Waals surface area contributed by atoms with Gasteiger partial charge in [-0.1, -0.05) is 6.07 Å². The molecule has 4 rings (SSSR count). The van der Waals surface area contributed by atoms with Crippen LogP contribution in [0.25, 0.3) is 21.8 Å². The highest BCUT2D eigenvalue weighted by atomic mass is 19.4. The quantitative estimate of drug-likeness (QED) is 0.511. The average molecular weight is 352 g/mol. The number of rotatable bonds is 2. The monoisotopic (exact) mass is 352 g/mol. The Balaban J connectivity index is 1.69. The smallest absolute Gasteiger partial charge is 0.360 e. The third kappa shape index (κ3) is 2.82. The maximum absolute atomic E-state index is 12.9. The number of hydrogen-bond donors (Lipinski definition) is 2. The minimum absolute atomic E-state index is 0.262. The fourth-order valence-corrected chi connectivity index (χ4v) is 2.81. The Labute approximate surface area is 145 Å². The summed E-state index contributed by atoms with van der Waals surface area (Å²) in [6.45, 7) is 0. The molecule has 7 heteroatoms. The Bertz CT molecular complexity index is 1170. The highest BCUT2D eigenvalue weighted by Gasteiger charge is 2.30. The number of alkyl halides is 3. The molecule has 0 aliphatic rings. The molecule has 0 bridgehead atoms. The van der Waals surface area contributed by atoms with Gasteiger partial charge in [-0.15, -0.1) is 0 Å². The van der Waals surface area contributed by atoms with Crippen LogP contribution in [0.1, 0.15) is 11.1 Å². The molecule has 2 aromatic carbocycles. The standard InChI is InChI=1S/C19H11F3N4/c20-19(21,22)13-3-1-11-2-6-18(26-16(11)7-13)25-14-4-5-15-12(9-23)10-24-17(15)8-14/h1-8,10,24H,(H,25,26). The van der Waals surface area contributed by atoms with Crippen molar-refractivity contribution in [3.63, 3.8) is 0 Å². The fraction of sp³-hybridized carbons (Fsp3) is 0.0526. The van der Waals surface area contributed by atoms with Gasteiger partial charge < -0.3 is 10.3 Å². The van der Waals surface area contributed by atoms with E-state index in [1.807, 2.05) is 6.07 Å². The molecular weight excluding hydrogens is 341 g/mol. The van der Waals surface area contributed by atoms with Gasteiger partial charge in [-0.2, -0.15) is 18.4 Å². The largest absolute Gasteiger partial charge is 0.416 e. The van der Waals surface area contributed by atoms with Crippen LogP contribution in [0.15, 0.2) is 54.7 Å². The van der Waals surface area contributed by atoms with Gasteiger partial charge in [0.15, 0.2) is 0 Å². The van der Waals surface area contributed by atoms with Crippen molar-refractivity contribution in [2.45, 2.75) is 6.18 Å². The van der Waals surface area contributed by atoms with E-state index < -0.39 is 11.7 Å². The van der Waals surface area contributed by atoms with Crippen molar-refractivity contribution in [2.24, 2.45) is 0 Å². The fourth-order valence-electron chi connectivity index (χ4n) is 2.81. The van der Waals surface area contributed by atoms with Gasteiger partial charge in [0, 0.05) is 28.2 Å². The van der Waals surface area contributed by atoms with Gasteiger partial charge in [-0.05, 0) is 42.5 Å². The number of pyridine rings is 1. The summed E-state index contributed by atoms with van der Waals surface area (Å²) < 4.78 is 38.6. The van der Waals surface area contributed by atoms with Gasteiger partial charge >= 0.3 is 6.18 Å². The third-order valence-corrected chi connectivity index (χ3v) is 4.09. The van der Waals surface area contributed by atoms with E-state index in [1.54, 1.807) is 30.5 Å². The lowest BCUT2D eigenvalue weighted by Crippen LogP contribution is -2.04. The summed E-state index contributed by atoms with van der Waals surface area (Å²) >= 11 is 0. The number of H-pyrrole nitrogens is 1. The van der Waals surface area contributed by atoms with Crippen LogP contribution in [0.4, 0.5) is 24.7 Å². The zero-order chi connectivity index (χ0) is 18.3. The summed E-state index contributed by atoms with van der Waals surface area (Å²) in [7, 11) is 0. The number of nitriles is 1. The number of aromatic amines is 1. The van der Waals surface area contributed by atoms with Crippen LogP contribution >= 0.6 is 0 Å². The molecule has 0 aliphatic heterocycles. The number of benzene rings is 2. The van der Waals surface area contributed by atoms with Gasteiger partial charge in [0.1, 0.15) is 11.9 Å². The predicted molar refractivity (Wildman–Crippen MR) is 93.0 cm³/mol. The Morgan fingerprint density at radius 3 is 2.62 bits per heavy atom. The molecule has 0 fully saturated rings. The number of fused-ring (bicyclic) bond motifs is 2. The molecule has 0 atom stereocenters. The molecule has 0 unspecified atom stereocenters. The molecule has 26 heavy (non-hydrogen) atoms. The molecule has 4 nitrogen and oxygen atoms in total. The van der Waals surface area contributed by atoms with Gasteiger partial charge in [0.25, 0.3) is 0 Å². The van der Waals surface area contributed by atoms with Gasteiger partial charge in [-0.3, -0.25) is 0 Å². The normalized spacial score (nSPS) is 11.6. The molecule has 4 aromatic rings. The van der Waals surface area contributed by atoms with Crippen LogP contribution in [0.5, 0.6) is 0 Å². The topological polar surface area (TPSA) is 64.5 Å². The first-order chi connectivity index (χ1) is 12.4. The second-order valence-electron chi connectivity index (χ2n) is 5.80. The van der Waals surface area contributed by atoms with E-state index in [2.05, 4.69) is 21.4 Å². The lowest BCUT2D eigenvalue weighted by Gasteiger charge is -2.10. The molecule has 2 heterocycles. The van der Waals surface area contributed by atoms with Crippen molar-refractivity contribution in [3.05, 3.63) is 65.9 Å². The SMILES string of the molecule is N#Cc1c[nH]c2cc(Nc3ccc4ccc(C(F)(F)F)cc4n3)ccc12. The zero-order valence-corrected chi connectivity index (χ0v) is 13.2. The summed E-state index contributed by atoms with van der Waals surface area (Å²) in [5.74, 6) is 0.434. The van der Waals surface area contributed by atoms with Gasteiger partial charge in [0.05, 0.1) is 16.6 Å². The van der Waals surface area contributed by atoms with Crippen LogP contribution in [-0.4, -0.2) is 9.97 Å². The van der Waals surface area contributed by atoms with Crippen molar-refractivity contribution >= 4 is 33.3 Å². The first kappa shape index (κ1) is 16.0. The van der Waals surface area contributed by atoms with E-state index in [4.69, 9.17) is 5.26 Å². The Morgan fingerprint density at radius 2 is 1.85 bits per heavy atom. The van der Waals surface area contributed by atoms with Crippen molar-refractivity contribution in [2.75, 3.05) is 5.32 Å². The van der Waals surface area contributed by atoms with Crippen molar-refractivity contribution in [1.29, 1.82) is 5.26 Å².